The molecule has 0 saturated heterocycles. The third-order valence-corrected chi connectivity index (χ3v) is 3.84. The summed E-state index contributed by atoms with van der Waals surface area (Å²) >= 11 is 3.41. The highest BCUT2D eigenvalue weighted by Gasteiger charge is 2.12. The molecule has 4 nitrogen and oxygen atoms in total. The van der Waals surface area contributed by atoms with Gasteiger partial charge in [-0.3, -0.25) is 4.79 Å². The fraction of sp³-hybridized carbons (Fsp3) is 0.222. The summed E-state index contributed by atoms with van der Waals surface area (Å²) in [4.78, 5) is 23.9. The van der Waals surface area contributed by atoms with Gasteiger partial charge < -0.3 is 10.1 Å². The lowest BCUT2D eigenvalue weighted by Crippen LogP contribution is -2.21. The number of carbonyl (C=O) groups is 2. The van der Waals surface area contributed by atoms with Gasteiger partial charge in [0.25, 0.3) is 5.91 Å². The van der Waals surface area contributed by atoms with Crippen LogP contribution < -0.4 is 5.32 Å². The maximum absolute atomic E-state index is 12.0. The number of carbonyl (C=O) groups excluding carboxylic acids is 2. The molecule has 0 aliphatic carbocycles. The number of nitrogens with one attached hydrogen (secondary N) is 1. The van der Waals surface area contributed by atoms with Crippen LogP contribution in [0.4, 0.5) is 5.69 Å². The first-order valence-corrected chi connectivity index (χ1v) is 7.96. The van der Waals surface area contributed by atoms with Gasteiger partial charge in [0, 0.05) is 10.2 Å². The Morgan fingerprint density at radius 1 is 1.04 bits per heavy atom. The molecule has 0 radical (unpaired) electrons. The van der Waals surface area contributed by atoms with E-state index in [-0.39, 0.29) is 12.5 Å². The van der Waals surface area contributed by atoms with Gasteiger partial charge in [-0.05, 0) is 56.2 Å². The highest BCUT2D eigenvalue weighted by Crippen LogP contribution is 2.25. The lowest BCUT2D eigenvalue weighted by Gasteiger charge is -2.12. The molecule has 0 fully saturated rings. The standard InChI is InChI=1S/C18H18BrNO3/c1-11-4-6-14(7-5-11)18(22)23-10-16(21)20-17-12(2)8-15(19)9-13(17)3/h4-9H,10H2,1-3H3,(H,20,21). The van der Waals surface area contributed by atoms with E-state index in [2.05, 4.69) is 21.2 Å². The lowest BCUT2D eigenvalue weighted by atomic mass is 10.1. The molecule has 0 spiro atoms. The van der Waals surface area contributed by atoms with E-state index < -0.39 is 5.97 Å². The minimum absolute atomic E-state index is 0.318. The van der Waals surface area contributed by atoms with Gasteiger partial charge in [0.15, 0.2) is 6.61 Å². The zero-order chi connectivity index (χ0) is 17.0. The number of amides is 1. The fourth-order valence-electron chi connectivity index (χ4n) is 2.19. The molecule has 0 aliphatic heterocycles. The van der Waals surface area contributed by atoms with E-state index in [1.54, 1.807) is 12.1 Å². The molecule has 0 unspecified atom stereocenters. The van der Waals surface area contributed by atoms with Crippen LogP contribution in [0.25, 0.3) is 0 Å². The Morgan fingerprint density at radius 2 is 1.61 bits per heavy atom. The molecule has 23 heavy (non-hydrogen) atoms. The van der Waals surface area contributed by atoms with Gasteiger partial charge in [0.2, 0.25) is 0 Å². The first kappa shape index (κ1) is 17.2. The number of halogens is 1. The van der Waals surface area contributed by atoms with Crippen LogP contribution in [0.5, 0.6) is 0 Å². The van der Waals surface area contributed by atoms with Gasteiger partial charge >= 0.3 is 5.97 Å². The zero-order valence-corrected chi connectivity index (χ0v) is 14.9. The summed E-state index contributed by atoms with van der Waals surface area (Å²) in [6.07, 6.45) is 0. The molecule has 0 aromatic heterocycles. The van der Waals surface area contributed by atoms with Gasteiger partial charge in [-0.2, -0.15) is 0 Å². The SMILES string of the molecule is Cc1ccc(C(=O)OCC(=O)Nc2c(C)cc(Br)cc2C)cc1. The van der Waals surface area contributed by atoms with Crippen LogP contribution in [0.15, 0.2) is 40.9 Å². The Labute approximate surface area is 144 Å². The van der Waals surface area contributed by atoms with E-state index in [4.69, 9.17) is 4.74 Å². The van der Waals surface area contributed by atoms with Crippen molar-refractivity contribution in [3.63, 3.8) is 0 Å². The van der Waals surface area contributed by atoms with E-state index in [9.17, 15) is 9.59 Å². The van der Waals surface area contributed by atoms with Crippen molar-refractivity contribution in [2.75, 3.05) is 11.9 Å². The summed E-state index contributed by atoms with van der Waals surface area (Å²) in [5, 5.41) is 2.78. The molecule has 0 saturated carbocycles. The molecule has 0 atom stereocenters. The third kappa shape index (κ3) is 4.66. The predicted molar refractivity (Wildman–Crippen MR) is 93.7 cm³/mol. The number of benzene rings is 2. The zero-order valence-electron chi connectivity index (χ0n) is 13.3. The molecule has 0 aliphatic rings. The monoisotopic (exact) mass is 375 g/mol. The van der Waals surface area contributed by atoms with Crippen molar-refractivity contribution in [3.8, 4) is 0 Å². The summed E-state index contributed by atoms with van der Waals surface area (Å²) in [6, 6.07) is 10.8. The molecule has 2 aromatic carbocycles. The summed E-state index contributed by atoms with van der Waals surface area (Å²) in [6.45, 7) is 5.43. The van der Waals surface area contributed by atoms with E-state index in [0.717, 1.165) is 26.9 Å². The Bertz CT molecular complexity index is 715. The van der Waals surface area contributed by atoms with Gasteiger partial charge in [-0.15, -0.1) is 0 Å². The molecule has 1 amide bonds. The second-order valence-electron chi connectivity index (χ2n) is 5.40. The van der Waals surface area contributed by atoms with Crippen molar-refractivity contribution >= 4 is 33.5 Å². The topological polar surface area (TPSA) is 55.4 Å². The molecule has 0 heterocycles. The molecule has 2 rings (SSSR count). The predicted octanol–water partition coefficient (Wildman–Crippen LogP) is 4.17. The quantitative estimate of drug-likeness (QED) is 0.815. The van der Waals surface area contributed by atoms with E-state index in [1.165, 1.54) is 0 Å². The van der Waals surface area contributed by atoms with Crippen molar-refractivity contribution in [1.29, 1.82) is 0 Å². The first-order valence-electron chi connectivity index (χ1n) is 7.17. The van der Waals surface area contributed by atoms with Crippen molar-refractivity contribution in [3.05, 3.63) is 63.1 Å². The molecular weight excluding hydrogens is 358 g/mol. The number of hydrogen-bond donors (Lipinski definition) is 1. The Kier molecular flexibility index (Phi) is 5.55. The number of esters is 1. The summed E-state index contributed by atoms with van der Waals surface area (Å²) in [5.41, 5.74) is 4.11. The summed E-state index contributed by atoms with van der Waals surface area (Å²) in [5.74, 6) is -0.872. The summed E-state index contributed by atoms with van der Waals surface area (Å²) in [7, 11) is 0. The molecule has 0 bridgehead atoms. The lowest BCUT2D eigenvalue weighted by molar-refractivity contribution is -0.119. The van der Waals surface area contributed by atoms with Gasteiger partial charge in [0.1, 0.15) is 0 Å². The fourth-order valence-corrected chi connectivity index (χ4v) is 2.87. The average Bonchev–Trinajstić information content (AvgIpc) is 2.49. The van der Waals surface area contributed by atoms with Gasteiger partial charge in [-0.25, -0.2) is 4.79 Å². The normalized spacial score (nSPS) is 10.3. The van der Waals surface area contributed by atoms with E-state index in [0.29, 0.717) is 5.56 Å². The van der Waals surface area contributed by atoms with E-state index in [1.807, 2.05) is 45.0 Å². The van der Waals surface area contributed by atoms with Crippen LogP contribution in [0.1, 0.15) is 27.0 Å². The molecule has 120 valence electrons. The van der Waals surface area contributed by atoms with Crippen LogP contribution in [-0.2, 0) is 9.53 Å². The smallest absolute Gasteiger partial charge is 0.338 e. The van der Waals surface area contributed by atoms with Crippen molar-refractivity contribution in [1.82, 2.24) is 0 Å². The number of rotatable bonds is 4. The number of ether oxygens (including phenoxy) is 1. The highest BCUT2D eigenvalue weighted by atomic mass is 79.9. The highest BCUT2D eigenvalue weighted by molar-refractivity contribution is 9.10. The minimum atomic E-state index is -0.510. The second kappa shape index (κ2) is 7.42. The van der Waals surface area contributed by atoms with Crippen molar-refractivity contribution < 1.29 is 14.3 Å². The Balaban J connectivity index is 1.95. The van der Waals surface area contributed by atoms with Gasteiger partial charge in [0.05, 0.1) is 5.56 Å². The maximum atomic E-state index is 12.0. The van der Waals surface area contributed by atoms with Crippen LogP contribution >= 0.6 is 15.9 Å². The number of hydrogen-bond acceptors (Lipinski definition) is 3. The molecule has 5 heteroatoms. The van der Waals surface area contributed by atoms with Crippen molar-refractivity contribution in [2.24, 2.45) is 0 Å². The Hall–Kier alpha value is -2.14. The van der Waals surface area contributed by atoms with Crippen LogP contribution in [0, 0.1) is 20.8 Å². The molecule has 1 N–H and O–H groups in total. The molecule has 2 aromatic rings. The van der Waals surface area contributed by atoms with Gasteiger partial charge in [-0.1, -0.05) is 33.6 Å². The number of aryl methyl sites for hydroxylation is 3. The van der Waals surface area contributed by atoms with Crippen LogP contribution in [-0.4, -0.2) is 18.5 Å². The maximum Gasteiger partial charge on any atom is 0.338 e. The molecular formula is C18H18BrNO3. The minimum Gasteiger partial charge on any atom is -0.452 e. The third-order valence-electron chi connectivity index (χ3n) is 3.38. The van der Waals surface area contributed by atoms with Crippen molar-refractivity contribution in [2.45, 2.75) is 20.8 Å². The van der Waals surface area contributed by atoms with Crippen LogP contribution in [0.2, 0.25) is 0 Å². The van der Waals surface area contributed by atoms with Crippen LogP contribution in [0.3, 0.4) is 0 Å². The first-order chi connectivity index (χ1) is 10.9. The van der Waals surface area contributed by atoms with E-state index >= 15 is 0 Å². The second-order valence-corrected chi connectivity index (χ2v) is 6.32. The largest absolute Gasteiger partial charge is 0.452 e. The average molecular weight is 376 g/mol. The Morgan fingerprint density at radius 3 is 2.17 bits per heavy atom. The summed E-state index contributed by atoms with van der Waals surface area (Å²) < 4.78 is 6.00. The number of anilines is 1.